The second-order valence-corrected chi connectivity index (χ2v) is 10.2. The van der Waals surface area contributed by atoms with E-state index in [0.29, 0.717) is 12.8 Å². The van der Waals surface area contributed by atoms with E-state index in [1.54, 1.807) is 6.08 Å². The fourth-order valence-corrected chi connectivity index (χ4v) is 5.37. The molecule has 2 N–H and O–H groups in total. The molecule has 5 atom stereocenters. The first kappa shape index (κ1) is 25.8. The molecule has 0 heterocycles. The van der Waals surface area contributed by atoms with Gasteiger partial charge in [-0.05, 0) is 43.6 Å². The number of rotatable bonds is 13. The highest BCUT2D eigenvalue weighted by Crippen LogP contribution is 2.49. The van der Waals surface area contributed by atoms with Gasteiger partial charge in [-0.15, -0.1) is 0 Å². The Kier molecular flexibility index (Phi) is 10.9. The third kappa shape index (κ3) is 8.51. The minimum absolute atomic E-state index is 0.0883. The molecule has 0 spiro atoms. The number of unbranched alkanes of at least 4 members (excludes halogenated alkanes) is 2. The van der Waals surface area contributed by atoms with Crippen molar-refractivity contribution in [1.82, 2.24) is 0 Å². The molecule has 1 aromatic carbocycles. The molecule has 1 saturated carbocycles. The lowest BCUT2D eigenvalue weighted by molar-refractivity contribution is -0.134. The van der Waals surface area contributed by atoms with Crippen molar-refractivity contribution in [1.29, 1.82) is 0 Å². The number of carbonyl (C=O) groups is 1. The number of aliphatic hydroxyl groups is 2. The molecule has 0 saturated heterocycles. The van der Waals surface area contributed by atoms with Crippen LogP contribution in [0.15, 0.2) is 42.5 Å². The number of hydrogen-bond donors (Lipinski definition) is 2. The Labute approximate surface area is 184 Å². The summed E-state index contributed by atoms with van der Waals surface area (Å²) in [6.45, 7) is 0.0883. The maximum Gasteiger partial charge on any atom is 0.330 e. The quantitative estimate of drug-likeness (QED) is 0.203. The number of allylic oxidation sites excluding steroid dienone is 1. The molecule has 1 fully saturated rings. The van der Waals surface area contributed by atoms with Crippen LogP contribution < -0.4 is 0 Å². The molecule has 2 rings (SSSR count). The molecule has 7 nitrogen and oxygen atoms in total. The van der Waals surface area contributed by atoms with E-state index < -0.39 is 19.8 Å². The number of aliphatic hydroxyl groups excluding tert-OH is 2. The number of aryl methyl sites for hydroxylation is 1. The van der Waals surface area contributed by atoms with Crippen LogP contribution in [-0.4, -0.2) is 55.4 Å². The molecule has 174 valence electrons. The number of methoxy groups -OCH3 is 1. The van der Waals surface area contributed by atoms with Gasteiger partial charge in [-0.2, -0.15) is 0 Å². The van der Waals surface area contributed by atoms with Gasteiger partial charge in [0, 0.05) is 19.1 Å². The first-order valence-electron chi connectivity index (χ1n) is 10.8. The summed E-state index contributed by atoms with van der Waals surface area (Å²) in [6, 6.07) is 9.72. The molecule has 0 radical (unpaired) electrons. The van der Waals surface area contributed by atoms with Crippen LogP contribution in [0.4, 0.5) is 0 Å². The fourth-order valence-electron chi connectivity index (χ4n) is 4.02. The zero-order chi connectivity index (χ0) is 22.7. The van der Waals surface area contributed by atoms with Gasteiger partial charge in [0.25, 0.3) is 0 Å². The number of hydrogen-bond acceptors (Lipinski definition) is 7. The van der Waals surface area contributed by atoms with Gasteiger partial charge in [0.2, 0.25) is 0 Å². The highest BCUT2D eigenvalue weighted by molar-refractivity contribution is 7.53. The van der Waals surface area contributed by atoms with Crippen LogP contribution in [0.25, 0.3) is 0 Å². The third-order valence-electron chi connectivity index (χ3n) is 5.89. The van der Waals surface area contributed by atoms with Gasteiger partial charge >= 0.3 is 13.6 Å². The van der Waals surface area contributed by atoms with Crippen molar-refractivity contribution >= 4 is 13.6 Å². The lowest BCUT2D eigenvalue weighted by Crippen LogP contribution is -2.26. The number of ether oxygens (including phenoxy) is 1. The predicted molar refractivity (Wildman–Crippen MR) is 119 cm³/mol. The molecule has 0 amide bonds. The predicted octanol–water partition coefficient (Wildman–Crippen LogP) is 3.73. The molecular weight excluding hydrogens is 419 g/mol. The molecule has 2 unspecified atom stereocenters. The van der Waals surface area contributed by atoms with Gasteiger partial charge in [0.1, 0.15) is 0 Å². The van der Waals surface area contributed by atoms with E-state index in [9.17, 15) is 19.6 Å². The van der Waals surface area contributed by atoms with E-state index in [0.717, 1.165) is 31.2 Å². The van der Waals surface area contributed by atoms with Crippen molar-refractivity contribution in [3.8, 4) is 0 Å². The summed E-state index contributed by atoms with van der Waals surface area (Å²) in [6.07, 6.45) is 6.15. The Bertz CT molecular complexity index is 737. The highest BCUT2D eigenvalue weighted by atomic mass is 31.2. The average Bonchev–Trinajstić information content (AvgIpc) is 3.05. The maximum absolute atomic E-state index is 13.0. The van der Waals surface area contributed by atoms with Crippen LogP contribution in [0.2, 0.25) is 0 Å². The maximum atomic E-state index is 13.0. The van der Waals surface area contributed by atoms with Crippen molar-refractivity contribution in [2.45, 2.75) is 50.7 Å². The molecule has 1 aromatic rings. The summed E-state index contributed by atoms with van der Waals surface area (Å²) < 4.78 is 28.5. The largest absolute Gasteiger partial charge is 0.466 e. The summed E-state index contributed by atoms with van der Waals surface area (Å²) in [5, 5.41) is 20.8. The lowest BCUT2D eigenvalue weighted by atomic mass is 9.89. The molecular formula is C23H35O7P. The zero-order valence-corrected chi connectivity index (χ0v) is 19.3. The van der Waals surface area contributed by atoms with Crippen LogP contribution in [0.5, 0.6) is 0 Å². The van der Waals surface area contributed by atoms with E-state index in [1.807, 2.05) is 30.3 Å². The molecule has 0 bridgehead atoms. The van der Waals surface area contributed by atoms with E-state index in [1.165, 1.54) is 20.3 Å². The molecule has 8 heteroatoms. The van der Waals surface area contributed by atoms with E-state index in [4.69, 9.17) is 9.05 Å². The highest BCUT2D eigenvalue weighted by Gasteiger charge is 2.42. The Hall–Kier alpha value is -1.50. The molecule has 31 heavy (non-hydrogen) atoms. The topological polar surface area (TPSA) is 102 Å². The van der Waals surface area contributed by atoms with Gasteiger partial charge in [0.05, 0.1) is 32.1 Å². The van der Waals surface area contributed by atoms with Crippen LogP contribution in [0.1, 0.15) is 37.7 Å². The monoisotopic (exact) mass is 454 g/mol. The Morgan fingerprint density at radius 3 is 2.52 bits per heavy atom. The fraction of sp³-hybridized carbons (Fsp3) is 0.609. The van der Waals surface area contributed by atoms with Crippen LogP contribution in [-0.2, 0) is 29.6 Å². The van der Waals surface area contributed by atoms with Crippen LogP contribution >= 0.6 is 7.60 Å². The second-order valence-electron chi connectivity index (χ2n) is 7.96. The minimum Gasteiger partial charge on any atom is -0.466 e. The SMILES string of the molecule is COC(=O)C=CCCCCC1[C@@H](COP(=O)(CCc2ccccc2)OC)[C@H](O)C[C@@H]1O. The Morgan fingerprint density at radius 2 is 1.84 bits per heavy atom. The summed E-state index contributed by atoms with van der Waals surface area (Å²) in [5.74, 6) is -0.791. The second kappa shape index (κ2) is 13.1. The van der Waals surface area contributed by atoms with Gasteiger partial charge in [-0.3, -0.25) is 4.57 Å². The Balaban J connectivity index is 1.83. The minimum atomic E-state index is -3.29. The zero-order valence-electron chi connectivity index (χ0n) is 18.4. The van der Waals surface area contributed by atoms with Crippen LogP contribution in [0.3, 0.4) is 0 Å². The van der Waals surface area contributed by atoms with Crippen molar-refractivity contribution in [2.24, 2.45) is 11.8 Å². The van der Waals surface area contributed by atoms with Crippen molar-refractivity contribution in [3.63, 3.8) is 0 Å². The molecule has 0 aromatic heterocycles. The summed E-state index contributed by atoms with van der Waals surface area (Å²) in [4.78, 5) is 11.1. The van der Waals surface area contributed by atoms with E-state index in [2.05, 4.69) is 4.74 Å². The number of benzene rings is 1. The normalized spacial score (nSPS) is 25.5. The summed E-state index contributed by atoms with van der Waals surface area (Å²) in [7, 11) is -0.571. The van der Waals surface area contributed by atoms with E-state index >= 15 is 0 Å². The van der Waals surface area contributed by atoms with Crippen molar-refractivity contribution < 1.29 is 33.4 Å². The first-order chi connectivity index (χ1) is 14.9. The molecule has 1 aliphatic rings. The number of esters is 1. The van der Waals surface area contributed by atoms with Crippen LogP contribution in [0, 0.1) is 11.8 Å². The third-order valence-corrected chi connectivity index (χ3v) is 7.76. The van der Waals surface area contributed by atoms with Crippen molar-refractivity contribution in [2.75, 3.05) is 27.0 Å². The van der Waals surface area contributed by atoms with Gasteiger partial charge in [-0.1, -0.05) is 42.8 Å². The summed E-state index contributed by atoms with van der Waals surface area (Å²) >= 11 is 0. The first-order valence-corrected chi connectivity index (χ1v) is 12.5. The average molecular weight is 455 g/mol. The smallest absolute Gasteiger partial charge is 0.330 e. The van der Waals surface area contributed by atoms with Gasteiger partial charge in [-0.25, -0.2) is 4.79 Å². The van der Waals surface area contributed by atoms with Crippen molar-refractivity contribution in [3.05, 3.63) is 48.0 Å². The van der Waals surface area contributed by atoms with Gasteiger partial charge in [0.15, 0.2) is 0 Å². The number of carbonyl (C=O) groups excluding carboxylic acids is 1. The van der Waals surface area contributed by atoms with Gasteiger partial charge < -0.3 is 24.0 Å². The Morgan fingerprint density at radius 1 is 1.13 bits per heavy atom. The standard InChI is InChI=1S/C23H35O7P/c1-28-23(26)13-9-4-3-8-12-19-20(22(25)16-21(19)24)17-30-31(27,29-2)15-14-18-10-6-5-7-11-18/h5-7,9-11,13,19-22,24-25H,3-4,8,12,14-17H2,1-2H3/t19?,20-,21+,22-,31?/m1/s1. The molecule has 0 aliphatic heterocycles. The summed E-state index contributed by atoms with van der Waals surface area (Å²) in [5.41, 5.74) is 1.05. The molecule has 1 aliphatic carbocycles. The lowest BCUT2D eigenvalue weighted by Gasteiger charge is -2.25. The van der Waals surface area contributed by atoms with E-state index in [-0.39, 0.29) is 30.6 Å².